The summed E-state index contributed by atoms with van der Waals surface area (Å²) in [7, 11) is -7.76. The van der Waals surface area contributed by atoms with E-state index in [1.165, 1.54) is 12.1 Å². The van der Waals surface area contributed by atoms with Crippen molar-refractivity contribution in [1.29, 1.82) is 0 Å². The van der Waals surface area contributed by atoms with Crippen molar-refractivity contribution in [3.05, 3.63) is 120 Å². The number of sulfonamides is 2. The van der Waals surface area contributed by atoms with Gasteiger partial charge in [-0.2, -0.15) is 13.2 Å². The molecule has 5 aromatic rings. The van der Waals surface area contributed by atoms with E-state index in [1.807, 2.05) is 47.2 Å². The van der Waals surface area contributed by atoms with Crippen LogP contribution in [0.3, 0.4) is 0 Å². The van der Waals surface area contributed by atoms with Gasteiger partial charge in [0.05, 0.1) is 28.4 Å². The van der Waals surface area contributed by atoms with E-state index in [0.717, 1.165) is 11.1 Å². The summed E-state index contributed by atoms with van der Waals surface area (Å²) in [5.41, 5.74) is 2.68. The van der Waals surface area contributed by atoms with Crippen LogP contribution in [0.1, 0.15) is 34.7 Å². The molecule has 1 amide bonds. The van der Waals surface area contributed by atoms with E-state index in [-0.39, 0.29) is 17.7 Å². The Morgan fingerprint density at radius 3 is 2.10 bits per heavy atom. The maximum atomic E-state index is 13.5. The van der Waals surface area contributed by atoms with Crippen molar-refractivity contribution in [2.45, 2.75) is 35.2 Å². The number of carbonyl (C=O) groups excluding carboxylic acids is 1. The highest BCUT2D eigenvalue weighted by Crippen LogP contribution is 2.31. The number of carboxylic acids is 1. The van der Waals surface area contributed by atoms with Crippen molar-refractivity contribution < 1.29 is 49.4 Å². The predicted molar refractivity (Wildman–Crippen MR) is 170 cm³/mol. The molecule has 0 spiro atoms. The minimum absolute atomic E-state index is 0.0583. The quantitative estimate of drug-likeness (QED) is 0.160. The molecular weight excluding hydrogens is 690 g/mol. The number of carbonyl (C=O) groups is 2. The van der Waals surface area contributed by atoms with Crippen molar-refractivity contribution in [2.75, 3.05) is 0 Å². The SMILES string of the molecule is O=C(O)C(F)(F)F.O=C1CC(c2ccc(C[C@H](NS(=O)(=O)c3ccc(Oc4ccccc4)cc3)c3nc4ccccc4[nH]3)cc2)S(=O)(=O)N1. The van der Waals surface area contributed by atoms with Crippen LogP contribution in [0.25, 0.3) is 11.0 Å². The van der Waals surface area contributed by atoms with Gasteiger partial charge in [0.15, 0.2) is 0 Å². The number of imidazole rings is 1. The van der Waals surface area contributed by atoms with Gasteiger partial charge in [0.25, 0.3) is 0 Å². The molecule has 2 heterocycles. The largest absolute Gasteiger partial charge is 0.490 e. The molecule has 1 aliphatic rings. The first kappa shape index (κ1) is 35.1. The van der Waals surface area contributed by atoms with E-state index in [9.17, 15) is 34.8 Å². The number of alkyl halides is 3. The van der Waals surface area contributed by atoms with Crippen LogP contribution in [0.2, 0.25) is 0 Å². The first-order chi connectivity index (χ1) is 23.1. The number of aromatic nitrogens is 2. The Kier molecular flexibility index (Phi) is 10.1. The fourth-order valence-corrected chi connectivity index (χ4v) is 7.48. The van der Waals surface area contributed by atoms with Gasteiger partial charge in [0, 0.05) is 0 Å². The van der Waals surface area contributed by atoms with Crippen LogP contribution in [0.15, 0.2) is 108 Å². The number of aromatic amines is 1. The molecule has 1 unspecified atom stereocenters. The molecule has 1 saturated heterocycles. The molecule has 1 fully saturated rings. The molecule has 6 rings (SSSR count). The summed E-state index contributed by atoms with van der Waals surface area (Å²) < 4.78 is 93.9. The zero-order valence-electron chi connectivity index (χ0n) is 25.1. The molecule has 0 aliphatic carbocycles. The first-order valence-corrected chi connectivity index (χ1v) is 17.4. The number of hydrogen-bond acceptors (Lipinski definition) is 8. The molecule has 256 valence electrons. The smallest absolute Gasteiger partial charge is 0.475 e. The number of benzene rings is 4. The molecule has 17 heteroatoms. The van der Waals surface area contributed by atoms with Crippen LogP contribution in [0.4, 0.5) is 13.2 Å². The maximum absolute atomic E-state index is 13.5. The summed E-state index contributed by atoms with van der Waals surface area (Å²) in [6.07, 6.45) is -5.00. The number of nitrogens with one attached hydrogen (secondary N) is 3. The molecule has 4 N–H and O–H groups in total. The number of aliphatic carboxylic acids is 1. The predicted octanol–water partition coefficient (Wildman–Crippen LogP) is 5.14. The molecule has 4 aromatic carbocycles. The molecule has 2 atom stereocenters. The van der Waals surface area contributed by atoms with Crippen LogP contribution >= 0.6 is 0 Å². The number of nitrogens with zero attached hydrogens (tertiary/aromatic N) is 1. The maximum Gasteiger partial charge on any atom is 0.490 e. The molecule has 1 aromatic heterocycles. The average Bonchev–Trinajstić information content (AvgIpc) is 3.61. The second-order valence-corrected chi connectivity index (χ2v) is 14.3. The number of fused-ring (bicyclic) bond motifs is 1. The molecular formula is C32H27F3N4O8S2. The van der Waals surface area contributed by atoms with Crippen molar-refractivity contribution >= 4 is 43.0 Å². The lowest BCUT2D eigenvalue weighted by atomic mass is 10.0. The van der Waals surface area contributed by atoms with Gasteiger partial charge in [-0.25, -0.2) is 31.3 Å². The lowest BCUT2D eigenvalue weighted by Crippen LogP contribution is -2.31. The Labute approximate surface area is 278 Å². The number of hydrogen-bond donors (Lipinski definition) is 4. The highest BCUT2D eigenvalue weighted by molar-refractivity contribution is 7.90. The van der Waals surface area contributed by atoms with E-state index in [0.29, 0.717) is 28.4 Å². The minimum Gasteiger partial charge on any atom is -0.475 e. The zero-order chi connectivity index (χ0) is 35.4. The molecule has 1 aliphatic heterocycles. The normalized spacial score (nSPS) is 16.3. The summed E-state index contributed by atoms with van der Waals surface area (Å²) in [5, 5.41) is 6.16. The van der Waals surface area contributed by atoms with Crippen LogP contribution in [-0.4, -0.2) is 50.0 Å². The fourth-order valence-electron chi connectivity index (χ4n) is 4.85. The standard InChI is InChI=1S/C30H26N4O6S2.C2HF3O2/c35-29-19-28(42(38,39)34-29)21-12-10-20(11-13-21)18-27(30-31-25-8-4-5-9-26(25)32-30)33-41(36,37)24-16-14-23(15-17-24)40-22-6-2-1-3-7-22;3-2(4,5)1(6)7/h1-17,27-28,33H,18-19H2,(H,31,32)(H,34,35);(H,6,7)/t27-,28?;/m0./s1. The van der Waals surface area contributed by atoms with Crippen molar-refractivity contribution in [2.24, 2.45) is 0 Å². The number of H-pyrrole nitrogens is 1. The van der Waals surface area contributed by atoms with Crippen molar-refractivity contribution in [1.82, 2.24) is 19.4 Å². The lowest BCUT2D eigenvalue weighted by molar-refractivity contribution is -0.192. The Hall–Kier alpha value is -5.26. The summed E-state index contributed by atoms with van der Waals surface area (Å²) >= 11 is 0. The lowest BCUT2D eigenvalue weighted by Gasteiger charge is -2.18. The van der Waals surface area contributed by atoms with Gasteiger partial charge in [-0.1, -0.05) is 54.6 Å². The van der Waals surface area contributed by atoms with Gasteiger partial charge < -0.3 is 14.8 Å². The van der Waals surface area contributed by atoms with Gasteiger partial charge in [-0.15, -0.1) is 0 Å². The third-order valence-electron chi connectivity index (χ3n) is 7.18. The first-order valence-electron chi connectivity index (χ1n) is 14.3. The molecule has 0 saturated carbocycles. The van der Waals surface area contributed by atoms with Crippen molar-refractivity contribution in [3.63, 3.8) is 0 Å². The highest BCUT2D eigenvalue weighted by Gasteiger charge is 2.39. The number of amides is 1. The van der Waals surface area contributed by atoms with E-state index in [2.05, 4.69) is 14.7 Å². The number of halogens is 3. The van der Waals surface area contributed by atoms with Gasteiger partial charge in [0.1, 0.15) is 22.6 Å². The van der Waals surface area contributed by atoms with Crippen LogP contribution < -0.4 is 14.2 Å². The number of para-hydroxylation sites is 3. The number of ether oxygens (including phenoxy) is 1. The summed E-state index contributed by atoms with van der Waals surface area (Å²) in [4.78, 5) is 28.5. The average molecular weight is 717 g/mol. The topological polar surface area (TPSA) is 185 Å². The third-order valence-corrected chi connectivity index (χ3v) is 10.4. The van der Waals surface area contributed by atoms with E-state index >= 15 is 0 Å². The molecule has 0 radical (unpaired) electrons. The van der Waals surface area contributed by atoms with E-state index in [4.69, 9.17) is 14.6 Å². The summed E-state index contributed by atoms with van der Waals surface area (Å²) in [6.45, 7) is 0. The summed E-state index contributed by atoms with van der Waals surface area (Å²) in [5.74, 6) is -1.73. The number of rotatable bonds is 9. The van der Waals surface area contributed by atoms with Gasteiger partial charge in [-0.3, -0.25) is 9.52 Å². The van der Waals surface area contributed by atoms with Crippen molar-refractivity contribution in [3.8, 4) is 11.5 Å². The second kappa shape index (κ2) is 14.1. The highest BCUT2D eigenvalue weighted by atomic mass is 32.2. The minimum atomic E-state index is -5.08. The van der Waals surface area contributed by atoms with Crippen LogP contribution in [0.5, 0.6) is 11.5 Å². The Morgan fingerprint density at radius 2 is 1.53 bits per heavy atom. The number of carboxylic acid groups (broad SMARTS) is 1. The molecule has 12 nitrogen and oxygen atoms in total. The fraction of sp³-hybridized carbons (Fsp3) is 0.156. The van der Waals surface area contributed by atoms with Gasteiger partial charge >= 0.3 is 12.1 Å². The monoisotopic (exact) mass is 716 g/mol. The molecule has 49 heavy (non-hydrogen) atoms. The van der Waals surface area contributed by atoms with Gasteiger partial charge in [0.2, 0.25) is 26.0 Å². The van der Waals surface area contributed by atoms with Crippen LogP contribution in [0, 0.1) is 0 Å². The third kappa shape index (κ3) is 8.81. The zero-order valence-corrected chi connectivity index (χ0v) is 26.7. The van der Waals surface area contributed by atoms with E-state index < -0.39 is 49.4 Å². The Morgan fingerprint density at radius 1 is 0.939 bits per heavy atom. The Balaban J connectivity index is 0.000000606. The van der Waals surface area contributed by atoms with Crippen LogP contribution in [-0.2, 0) is 36.1 Å². The Bertz CT molecular complexity index is 2140. The summed E-state index contributed by atoms with van der Waals surface area (Å²) in [6, 6.07) is 28.7. The second-order valence-electron chi connectivity index (χ2n) is 10.7. The molecule has 0 bridgehead atoms. The van der Waals surface area contributed by atoms with Gasteiger partial charge in [-0.05, 0) is 66.1 Å². The van der Waals surface area contributed by atoms with E-state index in [1.54, 1.807) is 48.5 Å².